The van der Waals surface area contributed by atoms with Crippen LogP contribution in [-0.4, -0.2) is 18.0 Å². The van der Waals surface area contributed by atoms with Gasteiger partial charge in [0.1, 0.15) is 0 Å². The Hall–Kier alpha value is 0.440. The van der Waals surface area contributed by atoms with E-state index in [-0.39, 0.29) is 0 Å². The summed E-state index contributed by atoms with van der Waals surface area (Å²) in [5.74, 6) is 1.41. The summed E-state index contributed by atoms with van der Waals surface area (Å²) in [5, 5.41) is 1.05. The summed E-state index contributed by atoms with van der Waals surface area (Å²) >= 11 is 3.50. The molecule has 80 valence electrons. The molecule has 0 N–H and O–H groups in total. The fraction of sp³-hybridized carbons (Fsp3) is 1.00. The Labute approximate surface area is 91.4 Å². The minimum absolute atomic E-state index is 0.410. The molecule has 0 heterocycles. The third-order valence-electron chi connectivity index (χ3n) is 2.22. The van der Waals surface area contributed by atoms with Crippen molar-refractivity contribution < 1.29 is 4.74 Å². The number of hydrogen-bond donors (Lipinski definition) is 0. The van der Waals surface area contributed by atoms with Gasteiger partial charge in [-0.15, -0.1) is 0 Å². The monoisotopic (exact) mass is 250 g/mol. The molecular formula is C11H23BrO. The quantitative estimate of drug-likeness (QED) is 0.624. The number of rotatable bonds is 7. The predicted octanol–water partition coefficient (Wildman–Crippen LogP) is 3.86. The van der Waals surface area contributed by atoms with Crippen molar-refractivity contribution in [1.29, 1.82) is 0 Å². The van der Waals surface area contributed by atoms with Crippen LogP contribution in [-0.2, 0) is 4.74 Å². The van der Waals surface area contributed by atoms with Crippen molar-refractivity contribution >= 4 is 15.9 Å². The number of alkyl halides is 1. The SMILES string of the molecule is CCC(CBr)COC(C)CC(C)C. The second-order valence-corrected chi connectivity index (χ2v) is 4.85. The topological polar surface area (TPSA) is 9.23 Å². The number of halogens is 1. The molecule has 0 bridgehead atoms. The highest BCUT2D eigenvalue weighted by Crippen LogP contribution is 2.12. The van der Waals surface area contributed by atoms with Gasteiger partial charge in [-0.05, 0) is 25.2 Å². The summed E-state index contributed by atoms with van der Waals surface area (Å²) in [4.78, 5) is 0. The lowest BCUT2D eigenvalue weighted by Gasteiger charge is -2.18. The van der Waals surface area contributed by atoms with Gasteiger partial charge < -0.3 is 4.74 Å². The van der Waals surface area contributed by atoms with E-state index in [1.807, 2.05) is 0 Å². The smallest absolute Gasteiger partial charge is 0.0549 e. The van der Waals surface area contributed by atoms with E-state index in [0.717, 1.165) is 17.9 Å². The molecule has 0 saturated carbocycles. The van der Waals surface area contributed by atoms with Gasteiger partial charge in [0.05, 0.1) is 12.7 Å². The maximum absolute atomic E-state index is 5.77. The fourth-order valence-electron chi connectivity index (χ4n) is 1.30. The van der Waals surface area contributed by atoms with Crippen LogP contribution in [0.25, 0.3) is 0 Å². The average molecular weight is 251 g/mol. The molecule has 0 saturated heterocycles. The lowest BCUT2D eigenvalue weighted by atomic mass is 10.1. The molecule has 13 heavy (non-hydrogen) atoms. The molecule has 0 radical (unpaired) electrons. The van der Waals surface area contributed by atoms with E-state index in [0.29, 0.717) is 12.0 Å². The molecule has 0 aliphatic rings. The van der Waals surface area contributed by atoms with Gasteiger partial charge in [-0.1, -0.05) is 43.1 Å². The van der Waals surface area contributed by atoms with Crippen molar-refractivity contribution in [2.45, 2.75) is 46.6 Å². The molecule has 2 atom stereocenters. The second-order valence-electron chi connectivity index (χ2n) is 4.20. The first-order valence-electron chi connectivity index (χ1n) is 5.27. The van der Waals surface area contributed by atoms with Crippen LogP contribution in [0.2, 0.25) is 0 Å². The van der Waals surface area contributed by atoms with Crippen molar-refractivity contribution in [3.63, 3.8) is 0 Å². The van der Waals surface area contributed by atoms with Gasteiger partial charge in [0, 0.05) is 5.33 Å². The van der Waals surface area contributed by atoms with Crippen LogP contribution in [0.1, 0.15) is 40.5 Å². The van der Waals surface area contributed by atoms with Gasteiger partial charge in [-0.25, -0.2) is 0 Å². The zero-order valence-corrected chi connectivity index (χ0v) is 10.9. The Bertz CT molecular complexity index is 111. The molecule has 2 heteroatoms. The summed E-state index contributed by atoms with van der Waals surface area (Å²) in [5.41, 5.74) is 0. The van der Waals surface area contributed by atoms with Crippen molar-refractivity contribution in [2.75, 3.05) is 11.9 Å². The Balaban J connectivity index is 3.49. The molecule has 0 aliphatic carbocycles. The Morgan fingerprint density at radius 3 is 2.23 bits per heavy atom. The van der Waals surface area contributed by atoms with Crippen LogP contribution in [0.15, 0.2) is 0 Å². The summed E-state index contributed by atoms with van der Waals surface area (Å²) in [6, 6.07) is 0. The van der Waals surface area contributed by atoms with Gasteiger partial charge in [0.25, 0.3) is 0 Å². The molecule has 0 aromatic heterocycles. The first-order valence-corrected chi connectivity index (χ1v) is 6.39. The summed E-state index contributed by atoms with van der Waals surface area (Å²) < 4.78 is 5.77. The third-order valence-corrected chi connectivity index (χ3v) is 3.13. The normalized spacial score (nSPS) is 16.2. The maximum atomic E-state index is 5.77. The van der Waals surface area contributed by atoms with E-state index in [9.17, 15) is 0 Å². The molecule has 0 spiro atoms. The van der Waals surface area contributed by atoms with Crippen LogP contribution in [0, 0.1) is 11.8 Å². The van der Waals surface area contributed by atoms with E-state index in [4.69, 9.17) is 4.74 Å². The molecule has 0 amide bonds. The molecule has 0 aromatic carbocycles. The van der Waals surface area contributed by atoms with Crippen molar-refractivity contribution in [1.82, 2.24) is 0 Å². The maximum Gasteiger partial charge on any atom is 0.0549 e. The summed E-state index contributed by atoms with van der Waals surface area (Å²) in [7, 11) is 0. The van der Waals surface area contributed by atoms with Crippen molar-refractivity contribution in [3.8, 4) is 0 Å². The third kappa shape index (κ3) is 7.51. The first kappa shape index (κ1) is 13.4. The minimum atomic E-state index is 0.410. The van der Waals surface area contributed by atoms with Crippen LogP contribution in [0.5, 0.6) is 0 Å². The molecule has 0 aromatic rings. The number of hydrogen-bond acceptors (Lipinski definition) is 1. The van der Waals surface area contributed by atoms with E-state index in [2.05, 4.69) is 43.6 Å². The predicted molar refractivity (Wildman–Crippen MR) is 62.4 cm³/mol. The highest BCUT2D eigenvalue weighted by Gasteiger charge is 2.09. The molecule has 1 nitrogen and oxygen atoms in total. The largest absolute Gasteiger partial charge is 0.378 e. The zero-order chi connectivity index (χ0) is 10.3. The van der Waals surface area contributed by atoms with Gasteiger partial charge in [0.15, 0.2) is 0 Å². The van der Waals surface area contributed by atoms with Gasteiger partial charge in [-0.2, -0.15) is 0 Å². The Kier molecular flexibility index (Phi) is 8.07. The Morgan fingerprint density at radius 1 is 1.23 bits per heavy atom. The van der Waals surface area contributed by atoms with E-state index >= 15 is 0 Å². The minimum Gasteiger partial charge on any atom is -0.378 e. The lowest BCUT2D eigenvalue weighted by Crippen LogP contribution is -2.17. The first-order chi connectivity index (χ1) is 6.10. The van der Waals surface area contributed by atoms with E-state index in [1.54, 1.807) is 0 Å². The molecule has 0 aliphatic heterocycles. The van der Waals surface area contributed by atoms with Crippen molar-refractivity contribution in [2.24, 2.45) is 11.8 Å². The fourth-order valence-corrected chi connectivity index (χ4v) is 1.95. The van der Waals surface area contributed by atoms with Crippen LogP contribution >= 0.6 is 15.9 Å². The molecule has 0 rings (SSSR count). The van der Waals surface area contributed by atoms with Crippen LogP contribution in [0.4, 0.5) is 0 Å². The second kappa shape index (κ2) is 7.81. The van der Waals surface area contributed by atoms with Gasteiger partial charge in [-0.3, -0.25) is 0 Å². The van der Waals surface area contributed by atoms with E-state index < -0.39 is 0 Å². The Morgan fingerprint density at radius 2 is 1.85 bits per heavy atom. The van der Waals surface area contributed by atoms with Gasteiger partial charge >= 0.3 is 0 Å². The molecule has 2 unspecified atom stereocenters. The number of ether oxygens (including phenoxy) is 1. The van der Waals surface area contributed by atoms with E-state index in [1.165, 1.54) is 12.8 Å². The highest BCUT2D eigenvalue weighted by atomic mass is 79.9. The molecule has 0 fully saturated rings. The summed E-state index contributed by atoms with van der Waals surface area (Å²) in [6.45, 7) is 9.75. The standard InChI is InChI=1S/C11H23BrO/c1-5-11(7-12)8-13-10(4)6-9(2)3/h9-11H,5-8H2,1-4H3. The summed E-state index contributed by atoms with van der Waals surface area (Å²) in [6.07, 6.45) is 2.77. The van der Waals surface area contributed by atoms with Crippen LogP contribution < -0.4 is 0 Å². The average Bonchev–Trinajstić information content (AvgIpc) is 2.05. The van der Waals surface area contributed by atoms with Crippen LogP contribution in [0.3, 0.4) is 0 Å². The lowest BCUT2D eigenvalue weighted by molar-refractivity contribution is 0.0323. The molecular weight excluding hydrogens is 228 g/mol. The van der Waals surface area contributed by atoms with Gasteiger partial charge in [0.2, 0.25) is 0 Å². The van der Waals surface area contributed by atoms with Crippen molar-refractivity contribution in [3.05, 3.63) is 0 Å². The highest BCUT2D eigenvalue weighted by molar-refractivity contribution is 9.09. The zero-order valence-electron chi connectivity index (χ0n) is 9.35.